The second kappa shape index (κ2) is 3.33. The zero-order chi connectivity index (χ0) is 9.35. The molecule has 0 aromatic heterocycles. The summed E-state index contributed by atoms with van der Waals surface area (Å²) in [5.41, 5.74) is 0.751. The highest BCUT2D eigenvalue weighted by atomic mass is 28.3. The number of ketones is 1. The van der Waals surface area contributed by atoms with E-state index < -0.39 is 8.07 Å². The van der Waals surface area contributed by atoms with Crippen LogP contribution in [-0.4, -0.2) is 13.9 Å². The van der Waals surface area contributed by atoms with Gasteiger partial charge in [-0.15, -0.1) is 0 Å². The van der Waals surface area contributed by atoms with Gasteiger partial charge in [0.1, 0.15) is 5.78 Å². The first-order valence-corrected chi connectivity index (χ1v) is 8.51. The molecule has 0 bridgehead atoms. The van der Waals surface area contributed by atoms with Gasteiger partial charge in [0.25, 0.3) is 0 Å². The fourth-order valence-corrected chi connectivity index (χ4v) is 3.74. The van der Waals surface area contributed by atoms with Gasteiger partial charge >= 0.3 is 0 Å². The smallest absolute Gasteiger partial charge is 0.135 e. The van der Waals surface area contributed by atoms with Gasteiger partial charge < -0.3 is 0 Å². The molecular formula is C10H20OSi. The average molecular weight is 184 g/mol. The average Bonchev–Trinajstić information content (AvgIpc) is 1.92. The molecule has 0 amide bonds. The van der Waals surface area contributed by atoms with Gasteiger partial charge in [-0.25, -0.2) is 0 Å². The first-order chi connectivity index (χ1) is 5.41. The Bertz CT molecular complexity index is 181. The summed E-state index contributed by atoms with van der Waals surface area (Å²) < 4.78 is 0. The first kappa shape index (κ1) is 9.97. The van der Waals surface area contributed by atoms with Crippen LogP contribution in [0.1, 0.15) is 26.2 Å². The molecule has 1 rings (SSSR count). The summed E-state index contributed by atoms with van der Waals surface area (Å²) in [6.07, 6.45) is 3.30. The number of hydrogen-bond donors (Lipinski definition) is 0. The predicted octanol–water partition coefficient (Wildman–Crippen LogP) is 3.08. The second-order valence-electron chi connectivity index (χ2n) is 5.21. The number of carbonyl (C=O) groups is 1. The minimum Gasteiger partial charge on any atom is -0.299 e. The van der Waals surface area contributed by atoms with Crippen LogP contribution in [0.2, 0.25) is 25.2 Å². The molecule has 0 aliphatic heterocycles. The molecule has 0 saturated heterocycles. The number of Topliss-reactive ketones (excluding diaryl/α,β-unsaturated/α-hetero) is 1. The van der Waals surface area contributed by atoms with Gasteiger partial charge in [0.05, 0.1) is 0 Å². The van der Waals surface area contributed by atoms with Crippen molar-refractivity contribution in [3.63, 3.8) is 0 Å². The van der Waals surface area contributed by atoms with Gasteiger partial charge in [-0.2, -0.15) is 0 Å². The highest BCUT2D eigenvalue weighted by molar-refractivity contribution is 6.77. The largest absolute Gasteiger partial charge is 0.299 e. The van der Waals surface area contributed by atoms with E-state index in [1.54, 1.807) is 0 Å². The number of hydrogen-bond acceptors (Lipinski definition) is 1. The van der Waals surface area contributed by atoms with Crippen molar-refractivity contribution in [1.29, 1.82) is 0 Å². The van der Waals surface area contributed by atoms with Crippen LogP contribution in [0.15, 0.2) is 0 Å². The Labute approximate surface area is 76.6 Å². The van der Waals surface area contributed by atoms with E-state index in [-0.39, 0.29) is 0 Å². The molecular weight excluding hydrogens is 164 g/mol. The lowest BCUT2D eigenvalue weighted by molar-refractivity contribution is -0.123. The molecule has 0 spiro atoms. The van der Waals surface area contributed by atoms with Crippen molar-refractivity contribution >= 4 is 13.9 Å². The van der Waals surface area contributed by atoms with Crippen LogP contribution in [-0.2, 0) is 4.79 Å². The van der Waals surface area contributed by atoms with Crippen molar-refractivity contribution in [1.82, 2.24) is 0 Å². The molecule has 1 saturated carbocycles. The molecule has 0 heterocycles. The van der Waals surface area contributed by atoms with E-state index in [0.717, 1.165) is 18.4 Å². The van der Waals surface area contributed by atoms with E-state index >= 15 is 0 Å². The third-order valence-electron chi connectivity index (χ3n) is 3.17. The molecule has 0 aromatic carbocycles. The highest BCUT2D eigenvalue weighted by Crippen LogP contribution is 2.37. The van der Waals surface area contributed by atoms with E-state index in [9.17, 15) is 4.79 Å². The number of carbonyl (C=O) groups excluding carboxylic acids is 1. The topological polar surface area (TPSA) is 17.1 Å². The lowest BCUT2D eigenvalue weighted by atomic mass is 9.89. The third kappa shape index (κ3) is 2.19. The second-order valence-corrected chi connectivity index (χ2v) is 10.8. The third-order valence-corrected chi connectivity index (χ3v) is 6.11. The van der Waals surface area contributed by atoms with Gasteiger partial charge in [-0.1, -0.05) is 33.0 Å². The summed E-state index contributed by atoms with van der Waals surface area (Å²) in [6, 6.07) is 0. The van der Waals surface area contributed by atoms with Crippen molar-refractivity contribution in [2.24, 2.45) is 5.92 Å². The summed E-state index contributed by atoms with van der Waals surface area (Å²) >= 11 is 0. The van der Waals surface area contributed by atoms with Crippen LogP contribution in [0.4, 0.5) is 0 Å². The first-order valence-electron chi connectivity index (χ1n) is 4.94. The molecule has 0 N–H and O–H groups in total. The molecule has 1 nitrogen and oxygen atoms in total. The highest BCUT2D eigenvalue weighted by Gasteiger charge is 2.33. The SMILES string of the molecule is C[C@H]1CC[C@H]([Si](C)(C)C)CC1=O. The van der Waals surface area contributed by atoms with E-state index in [4.69, 9.17) is 0 Å². The summed E-state index contributed by atoms with van der Waals surface area (Å²) in [5, 5.41) is 0. The maximum Gasteiger partial charge on any atom is 0.135 e. The molecule has 1 aliphatic rings. The summed E-state index contributed by atoms with van der Waals surface area (Å²) in [6.45, 7) is 9.20. The van der Waals surface area contributed by atoms with E-state index in [0.29, 0.717) is 11.7 Å². The molecule has 1 fully saturated rings. The Hall–Kier alpha value is -0.113. The normalized spacial score (nSPS) is 32.2. The van der Waals surface area contributed by atoms with Crippen LogP contribution < -0.4 is 0 Å². The Kier molecular flexibility index (Phi) is 2.76. The predicted molar refractivity (Wildman–Crippen MR) is 55.1 cm³/mol. The molecule has 0 unspecified atom stereocenters. The summed E-state index contributed by atoms with van der Waals surface area (Å²) in [7, 11) is -1.05. The van der Waals surface area contributed by atoms with Gasteiger partial charge in [0.2, 0.25) is 0 Å². The molecule has 2 heteroatoms. The molecule has 0 aromatic rings. The van der Waals surface area contributed by atoms with Crippen LogP contribution in [0, 0.1) is 5.92 Å². The lowest BCUT2D eigenvalue weighted by Crippen LogP contribution is -2.34. The van der Waals surface area contributed by atoms with Gasteiger partial charge in [-0.3, -0.25) is 4.79 Å². The van der Waals surface area contributed by atoms with Crippen LogP contribution >= 0.6 is 0 Å². The van der Waals surface area contributed by atoms with E-state index in [2.05, 4.69) is 26.6 Å². The van der Waals surface area contributed by atoms with Gasteiger partial charge in [0, 0.05) is 20.4 Å². The lowest BCUT2D eigenvalue weighted by Gasteiger charge is -2.33. The van der Waals surface area contributed by atoms with Gasteiger partial charge in [0.15, 0.2) is 0 Å². The monoisotopic (exact) mass is 184 g/mol. The molecule has 2 atom stereocenters. The Morgan fingerprint density at radius 3 is 2.25 bits per heavy atom. The Morgan fingerprint density at radius 1 is 1.25 bits per heavy atom. The fourth-order valence-electron chi connectivity index (χ4n) is 1.90. The van der Waals surface area contributed by atoms with Crippen molar-refractivity contribution in [3.05, 3.63) is 0 Å². The molecule has 1 aliphatic carbocycles. The quantitative estimate of drug-likeness (QED) is 0.572. The van der Waals surface area contributed by atoms with Crippen LogP contribution in [0.25, 0.3) is 0 Å². The minimum atomic E-state index is -1.05. The fraction of sp³-hybridized carbons (Fsp3) is 0.900. The van der Waals surface area contributed by atoms with Crippen molar-refractivity contribution < 1.29 is 4.79 Å². The molecule has 70 valence electrons. The Morgan fingerprint density at radius 2 is 1.83 bits per heavy atom. The summed E-state index contributed by atoms with van der Waals surface area (Å²) in [4.78, 5) is 11.5. The number of rotatable bonds is 1. The van der Waals surface area contributed by atoms with E-state index in [1.165, 1.54) is 6.42 Å². The molecule has 0 radical (unpaired) electrons. The summed E-state index contributed by atoms with van der Waals surface area (Å²) in [5.74, 6) is 0.853. The van der Waals surface area contributed by atoms with Crippen molar-refractivity contribution in [3.8, 4) is 0 Å². The van der Waals surface area contributed by atoms with Gasteiger partial charge in [-0.05, 0) is 12.0 Å². The Balaban J connectivity index is 2.57. The maximum absolute atomic E-state index is 11.5. The molecule has 12 heavy (non-hydrogen) atoms. The maximum atomic E-state index is 11.5. The standard InChI is InChI=1S/C10H20OSi/c1-8-5-6-9(7-10(8)11)12(2,3)4/h8-9H,5-7H2,1-4H3/t8-,9-/m0/s1. The van der Waals surface area contributed by atoms with Crippen LogP contribution in [0.5, 0.6) is 0 Å². The van der Waals surface area contributed by atoms with Crippen molar-refractivity contribution in [2.45, 2.75) is 51.4 Å². The zero-order valence-electron chi connectivity index (χ0n) is 8.68. The van der Waals surface area contributed by atoms with E-state index in [1.807, 2.05) is 0 Å². The van der Waals surface area contributed by atoms with Crippen LogP contribution in [0.3, 0.4) is 0 Å². The minimum absolute atomic E-state index is 0.345. The van der Waals surface area contributed by atoms with Crippen molar-refractivity contribution in [2.75, 3.05) is 0 Å². The zero-order valence-corrected chi connectivity index (χ0v) is 9.68.